The zero-order valence-electron chi connectivity index (χ0n) is 10.3. The van der Waals surface area contributed by atoms with E-state index < -0.39 is 11.7 Å². The summed E-state index contributed by atoms with van der Waals surface area (Å²) < 4.78 is 42.5. The van der Waals surface area contributed by atoms with E-state index in [0.29, 0.717) is 24.7 Å². The van der Waals surface area contributed by atoms with E-state index >= 15 is 0 Å². The van der Waals surface area contributed by atoms with E-state index in [4.69, 9.17) is 16.1 Å². The van der Waals surface area contributed by atoms with Gasteiger partial charge in [-0.25, -0.2) is 4.98 Å². The molecule has 0 unspecified atom stereocenters. The predicted octanol–water partition coefficient (Wildman–Crippen LogP) is 3.10. The molecule has 0 atom stereocenters. The van der Waals surface area contributed by atoms with Crippen LogP contribution in [0.2, 0.25) is 5.15 Å². The zero-order valence-corrected chi connectivity index (χ0v) is 11.1. The second-order valence-corrected chi connectivity index (χ2v) is 4.36. The largest absolute Gasteiger partial charge is 0.416 e. The highest BCUT2D eigenvalue weighted by atomic mass is 35.5. The highest BCUT2D eigenvalue weighted by molar-refractivity contribution is 6.29. The molecule has 108 valence electrons. The molecular weight excluding hydrogens is 297 g/mol. The molecule has 0 saturated carbocycles. The lowest BCUT2D eigenvalue weighted by Gasteiger charge is -2.10. The first-order chi connectivity index (χ1) is 9.34. The molecule has 0 radical (unpaired) electrons. The van der Waals surface area contributed by atoms with Crippen LogP contribution in [0.15, 0.2) is 16.7 Å². The molecule has 0 aliphatic carbocycles. The topological polar surface area (TPSA) is 63.8 Å². The third kappa shape index (κ3) is 3.83. The third-order valence-electron chi connectivity index (χ3n) is 2.35. The molecule has 2 aromatic heterocycles. The molecule has 2 rings (SSSR count). The van der Waals surface area contributed by atoms with Gasteiger partial charge >= 0.3 is 6.18 Å². The SMILES string of the molecule is Cc1nc(CCNc2cc(C(F)(F)F)cc(Cl)n2)no1. The summed E-state index contributed by atoms with van der Waals surface area (Å²) in [6.45, 7) is 1.96. The number of anilines is 1. The van der Waals surface area contributed by atoms with E-state index in [1.807, 2.05) is 0 Å². The molecule has 0 aromatic carbocycles. The fraction of sp³-hybridized carbons (Fsp3) is 0.364. The standard InChI is InChI=1S/C11H10ClF3N4O/c1-6-17-9(19-20-6)2-3-16-10-5-7(11(13,14)15)4-8(12)18-10/h4-5H,2-3H2,1H3,(H,16,18). The van der Waals surface area contributed by atoms with Crippen molar-refractivity contribution in [1.29, 1.82) is 0 Å². The molecule has 20 heavy (non-hydrogen) atoms. The number of halogens is 4. The van der Waals surface area contributed by atoms with Crippen molar-refractivity contribution in [1.82, 2.24) is 15.1 Å². The molecule has 0 amide bonds. The summed E-state index contributed by atoms with van der Waals surface area (Å²) in [7, 11) is 0. The molecule has 0 saturated heterocycles. The highest BCUT2D eigenvalue weighted by Crippen LogP contribution is 2.31. The van der Waals surface area contributed by atoms with Crippen molar-refractivity contribution in [2.24, 2.45) is 0 Å². The van der Waals surface area contributed by atoms with Gasteiger partial charge in [0, 0.05) is 19.9 Å². The van der Waals surface area contributed by atoms with Gasteiger partial charge in [0.15, 0.2) is 5.82 Å². The fourth-order valence-corrected chi connectivity index (χ4v) is 1.70. The van der Waals surface area contributed by atoms with E-state index in [0.717, 1.165) is 12.1 Å². The Balaban J connectivity index is 2.00. The maximum atomic E-state index is 12.6. The first-order valence-corrected chi connectivity index (χ1v) is 6.00. The Kier molecular flexibility index (Phi) is 4.12. The normalized spacial score (nSPS) is 11.7. The van der Waals surface area contributed by atoms with Gasteiger partial charge in [-0.1, -0.05) is 16.8 Å². The van der Waals surface area contributed by atoms with Gasteiger partial charge in [0.2, 0.25) is 5.89 Å². The van der Waals surface area contributed by atoms with E-state index in [1.54, 1.807) is 6.92 Å². The molecule has 9 heteroatoms. The van der Waals surface area contributed by atoms with E-state index in [-0.39, 0.29) is 11.0 Å². The van der Waals surface area contributed by atoms with Gasteiger partial charge in [0.05, 0.1) is 5.56 Å². The summed E-state index contributed by atoms with van der Waals surface area (Å²) in [5.74, 6) is 0.943. The van der Waals surface area contributed by atoms with Crippen LogP contribution < -0.4 is 5.32 Å². The van der Waals surface area contributed by atoms with Crippen molar-refractivity contribution in [3.05, 3.63) is 34.6 Å². The number of nitrogens with one attached hydrogen (secondary N) is 1. The van der Waals surface area contributed by atoms with Gasteiger partial charge in [0.1, 0.15) is 11.0 Å². The minimum absolute atomic E-state index is 0.0463. The molecule has 5 nitrogen and oxygen atoms in total. The van der Waals surface area contributed by atoms with E-state index in [9.17, 15) is 13.2 Å². The minimum Gasteiger partial charge on any atom is -0.370 e. The van der Waals surface area contributed by atoms with E-state index in [1.165, 1.54) is 0 Å². The Morgan fingerprint density at radius 3 is 2.65 bits per heavy atom. The van der Waals surface area contributed by atoms with Crippen LogP contribution in [0.1, 0.15) is 17.3 Å². The molecule has 0 fully saturated rings. The van der Waals surface area contributed by atoms with Crippen LogP contribution in [0.3, 0.4) is 0 Å². The lowest BCUT2D eigenvalue weighted by Crippen LogP contribution is -2.10. The Bertz CT molecular complexity index is 600. The number of alkyl halides is 3. The van der Waals surface area contributed by atoms with Crippen molar-refractivity contribution in [3.8, 4) is 0 Å². The van der Waals surface area contributed by atoms with Crippen LogP contribution in [-0.2, 0) is 12.6 Å². The number of aromatic nitrogens is 3. The monoisotopic (exact) mass is 306 g/mol. The lowest BCUT2D eigenvalue weighted by atomic mass is 10.2. The van der Waals surface area contributed by atoms with Crippen LogP contribution in [-0.4, -0.2) is 21.7 Å². The van der Waals surface area contributed by atoms with Crippen LogP contribution in [0.25, 0.3) is 0 Å². The van der Waals surface area contributed by atoms with Gasteiger partial charge < -0.3 is 9.84 Å². The van der Waals surface area contributed by atoms with Crippen molar-refractivity contribution >= 4 is 17.4 Å². The van der Waals surface area contributed by atoms with Crippen LogP contribution in [0, 0.1) is 6.92 Å². The Morgan fingerprint density at radius 1 is 1.30 bits per heavy atom. The summed E-state index contributed by atoms with van der Waals surface area (Å²) in [5, 5.41) is 6.18. The Morgan fingerprint density at radius 2 is 2.05 bits per heavy atom. The molecule has 1 N–H and O–H groups in total. The lowest BCUT2D eigenvalue weighted by molar-refractivity contribution is -0.137. The predicted molar refractivity (Wildman–Crippen MR) is 65.5 cm³/mol. The summed E-state index contributed by atoms with van der Waals surface area (Å²) in [4.78, 5) is 7.75. The Hall–Kier alpha value is -1.83. The Labute approximate surface area is 117 Å². The van der Waals surface area contributed by atoms with Gasteiger partial charge in [-0.2, -0.15) is 18.2 Å². The number of pyridine rings is 1. The fourth-order valence-electron chi connectivity index (χ4n) is 1.50. The average Bonchev–Trinajstić information content (AvgIpc) is 2.73. The molecule has 2 heterocycles. The smallest absolute Gasteiger partial charge is 0.370 e. The highest BCUT2D eigenvalue weighted by Gasteiger charge is 2.31. The molecule has 0 bridgehead atoms. The average molecular weight is 307 g/mol. The summed E-state index contributed by atoms with van der Waals surface area (Å²) >= 11 is 5.56. The van der Waals surface area contributed by atoms with E-state index in [2.05, 4.69) is 20.4 Å². The van der Waals surface area contributed by atoms with Gasteiger partial charge in [-0.3, -0.25) is 0 Å². The van der Waals surface area contributed by atoms with Crippen molar-refractivity contribution in [3.63, 3.8) is 0 Å². The second kappa shape index (κ2) is 5.66. The van der Waals surface area contributed by atoms with Crippen molar-refractivity contribution in [2.75, 3.05) is 11.9 Å². The quantitative estimate of drug-likeness (QED) is 0.879. The summed E-state index contributed by atoms with van der Waals surface area (Å²) in [6.07, 6.45) is -4.07. The van der Waals surface area contributed by atoms with Crippen molar-refractivity contribution < 1.29 is 17.7 Å². The van der Waals surface area contributed by atoms with Crippen LogP contribution >= 0.6 is 11.6 Å². The summed E-state index contributed by atoms with van der Waals surface area (Å²) in [6, 6.07) is 1.67. The first-order valence-electron chi connectivity index (χ1n) is 5.62. The number of aryl methyl sites for hydroxylation is 1. The van der Waals surface area contributed by atoms with Crippen LogP contribution in [0.5, 0.6) is 0 Å². The number of nitrogens with zero attached hydrogens (tertiary/aromatic N) is 3. The molecular formula is C11H10ClF3N4O. The minimum atomic E-state index is -4.46. The summed E-state index contributed by atoms with van der Waals surface area (Å²) in [5.41, 5.74) is -0.851. The zero-order chi connectivity index (χ0) is 14.8. The molecule has 0 aliphatic rings. The maximum Gasteiger partial charge on any atom is 0.416 e. The third-order valence-corrected chi connectivity index (χ3v) is 2.54. The molecule has 0 aliphatic heterocycles. The van der Waals surface area contributed by atoms with Gasteiger partial charge in [0.25, 0.3) is 0 Å². The number of hydrogen-bond donors (Lipinski definition) is 1. The van der Waals surface area contributed by atoms with Crippen molar-refractivity contribution in [2.45, 2.75) is 19.5 Å². The van der Waals surface area contributed by atoms with Crippen LogP contribution in [0.4, 0.5) is 19.0 Å². The van der Waals surface area contributed by atoms with Gasteiger partial charge in [-0.15, -0.1) is 0 Å². The maximum absolute atomic E-state index is 12.6. The first kappa shape index (κ1) is 14.6. The molecule has 2 aromatic rings. The number of hydrogen-bond acceptors (Lipinski definition) is 5. The molecule has 0 spiro atoms. The van der Waals surface area contributed by atoms with Gasteiger partial charge in [-0.05, 0) is 12.1 Å². The number of rotatable bonds is 4. The second-order valence-electron chi connectivity index (χ2n) is 3.97.